The van der Waals surface area contributed by atoms with Crippen LogP contribution in [0.2, 0.25) is 0 Å². The molecule has 3 heterocycles. The minimum absolute atomic E-state index is 0.0446. The highest BCUT2D eigenvalue weighted by molar-refractivity contribution is 7.89. The number of hydrogen-bond acceptors (Lipinski definition) is 9. The van der Waals surface area contributed by atoms with E-state index in [4.69, 9.17) is 9.15 Å². The number of amides is 2. The number of carbonyl (C=O) groups excluding carboxylic acids is 2. The molecule has 1 fully saturated rings. The molecule has 202 valence electrons. The van der Waals surface area contributed by atoms with Crippen LogP contribution in [-0.4, -0.2) is 67.4 Å². The Morgan fingerprint density at radius 3 is 2.51 bits per heavy atom. The molecule has 1 N–H and O–H groups in total. The van der Waals surface area contributed by atoms with Gasteiger partial charge in [-0.25, -0.2) is 23.0 Å². The van der Waals surface area contributed by atoms with Crippen molar-refractivity contribution in [2.75, 3.05) is 38.1 Å². The van der Waals surface area contributed by atoms with Gasteiger partial charge in [-0.3, -0.25) is 10.1 Å². The van der Waals surface area contributed by atoms with Gasteiger partial charge in [0.05, 0.1) is 22.8 Å². The normalized spacial score (nSPS) is 14.3. The number of fused-ring (bicyclic) bond motifs is 1. The monoisotopic (exact) mass is 568 g/mol. The number of piperazine rings is 1. The van der Waals surface area contributed by atoms with Gasteiger partial charge in [0.2, 0.25) is 10.0 Å². The molecule has 1 aliphatic heterocycles. The maximum Gasteiger partial charge on any atom is 0.409 e. The van der Waals surface area contributed by atoms with Gasteiger partial charge in [0, 0.05) is 42.5 Å². The number of carbonyl (C=O) groups is 2. The standard InChI is InChI=1S/C26H24N4O7S2/c1-2-36-26(33)29-11-13-30(14-12-29)39(34,35)19-9-7-17(8-10-19)23(31)28-25-27-21(16-38-25)20-15-18-5-3-4-6-22(18)37-24(20)32/h3-10,15-16H,2,11-14H2,1H3,(H,27,28,31). The zero-order valence-electron chi connectivity index (χ0n) is 20.8. The van der Waals surface area contributed by atoms with Gasteiger partial charge in [0.25, 0.3) is 5.91 Å². The second-order valence-electron chi connectivity index (χ2n) is 8.59. The third-order valence-corrected chi connectivity index (χ3v) is 8.83. The van der Waals surface area contributed by atoms with E-state index < -0.39 is 27.6 Å². The molecule has 0 radical (unpaired) electrons. The molecule has 13 heteroatoms. The Hall–Kier alpha value is -4.07. The number of nitrogens with zero attached hydrogens (tertiary/aromatic N) is 3. The molecular formula is C26H24N4O7S2. The number of para-hydroxylation sites is 1. The smallest absolute Gasteiger partial charge is 0.409 e. The molecule has 5 rings (SSSR count). The van der Waals surface area contributed by atoms with Crippen LogP contribution in [0.25, 0.3) is 22.2 Å². The summed E-state index contributed by atoms with van der Waals surface area (Å²) in [4.78, 5) is 42.9. The van der Waals surface area contributed by atoms with Gasteiger partial charge >= 0.3 is 11.7 Å². The topological polar surface area (TPSA) is 139 Å². The van der Waals surface area contributed by atoms with Crippen molar-refractivity contribution in [2.24, 2.45) is 0 Å². The van der Waals surface area contributed by atoms with Gasteiger partial charge in [-0.2, -0.15) is 4.31 Å². The predicted molar refractivity (Wildman–Crippen MR) is 145 cm³/mol. The predicted octanol–water partition coefficient (Wildman–Crippen LogP) is 3.63. The highest BCUT2D eigenvalue weighted by Gasteiger charge is 2.30. The second kappa shape index (κ2) is 11.0. The molecule has 0 unspecified atom stereocenters. The summed E-state index contributed by atoms with van der Waals surface area (Å²) in [6.45, 7) is 2.72. The zero-order valence-corrected chi connectivity index (χ0v) is 22.5. The minimum Gasteiger partial charge on any atom is -0.450 e. The summed E-state index contributed by atoms with van der Waals surface area (Å²) in [6, 6.07) is 14.4. The van der Waals surface area contributed by atoms with Crippen molar-refractivity contribution in [1.29, 1.82) is 0 Å². The Morgan fingerprint density at radius 1 is 1.08 bits per heavy atom. The number of aromatic nitrogens is 1. The van der Waals surface area contributed by atoms with Gasteiger partial charge in [0.15, 0.2) is 5.13 Å². The van der Waals surface area contributed by atoms with Gasteiger partial charge in [-0.1, -0.05) is 18.2 Å². The van der Waals surface area contributed by atoms with Crippen LogP contribution in [0.1, 0.15) is 17.3 Å². The lowest BCUT2D eigenvalue weighted by molar-refractivity contribution is 0.0933. The molecule has 39 heavy (non-hydrogen) atoms. The van der Waals surface area contributed by atoms with Crippen molar-refractivity contribution < 1.29 is 27.2 Å². The molecule has 0 spiro atoms. The molecule has 0 saturated carbocycles. The summed E-state index contributed by atoms with van der Waals surface area (Å²) in [5, 5.41) is 5.35. The van der Waals surface area contributed by atoms with E-state index in [1.807, 2.05) is 12.1 Å². The number of nitrogens with one attached hydrogen (secondary N) is 1. The first-order valence-electron chi connectivity index (χ1n) is 12.1. The van der Waals surface area contributed by atoms with Crippen LogP contribution >= 0.6 is 11.3 Å². The molecule has 0 bridgehead atoms. The SMILES string of the molecule is CCOC(=O)N1CCN(S(=O)(=O)c2ccc(C(=O)Nc3nc(-c4cc5ccccc5oc4=O)cs3)cc2)CC1. The van der Waals surface area contributed by atoms with E-state index in [1.54, 1.807) is 30.5 Å². The zero-order chi connectivity index (χ0) is 27.6. The van der Waals surface area contributed by atoms with Crippen LogP contribution in [0.4, 0.5) is 9.93 Å². The van der Waals surface area contributed by atoms with E-state index in [0.29, 0.717) is 11.3 Å². The van der Waals surface area contributed by atoms with E-state index >= 15 is 0 Å². The average molecular weight is 569 g/mol. The molecule has 1 saturated heterocycles. The van der Waals surface area contributed by atoms with Gasteiger partial charge < -0.3 is 14.1 Å². The quantitative estimate of drug-likeness (QED) is 0.348. The molecule has 11 nitrogen and oxygen atoms in total. The number of hydrogen-bond donors (Lipinski definition) is 1. The van der Waals surface area contributed by atoms with Crippen LogP contribution in [-0.2, 0) is 14.8 Å². The highest BCUT2D eigenvalue weighted by atomic mass is 32.2. The Bertz CT molecular complexity index is 1690. The Balaban J connectivity index is 1.25. The van der Waals surface area contributed by atoms with Gasteiger partial charge in [-0.15, -0.1) is 11.3 Å². The minimum atomic E-state index is -3.80. The van der Waals surface area contributed by atoms with E-state index in [-0.39, 0.29) is 53.9 Å². The first-order valence-corrected chi connectivity index (χ1v) is 14.4. The molecule has 0 atom stereocenters. The Labute approximate surface area is 227 Å². The number of sulfonamides is 1. The lowest BCUT2D eigenvalue weighted by Gasteiger charge is -2.33. The molecule has 2 aromatic heterocycles. The fraction of sp³-hybridized carbons (Fsp3) is 0.231. The summed E-state index contributed by atoms with van der Waals surface area (Å²) in [7, 11) is -3.80. The Kier molecular flexibility index (Phi) is 7.46. The van der Waals surface area contributed by atoms with Crippen molar-refractivity contribution in [3.8, 4) is 11.3 Å². The third-order valence-electron chi connectivity index (χ3n) is 6.16. The van der Waals surface area contributed by atoms with Crippen molar-refractivity contribution >= 4 is 49.5 Å². The largest absolute Gasteiger partial charge is 0.450 e. The number of rotatable bonds is 6. The van der Waals surface area contributed by atoms with Crippen LogP contribution in [0, 0.1) is 0 Å². The summed E-state index contributed by atoms with van der Waals surface area (Å²) >= 11 is 1.15. The first-order chi connectivity index (χ1) is 18.8. The second-order valence-corrected chi connectivity index (χ2v) is 11.4. The lowest BCUT2D eigenvalue weighted by Crippen LogP contribution is -2.50. The fourth-order valence-electron chi connectivity index (χ4n) is 4.12. The van der Waals surface area contributed by atoms with Crippen LogP contribution in [0.15, 0.2) is 74.1 Å². The lowest BCUT2D eigenvalue weighted by atomic mass is 10.1. The number of benzene rings is 2. The summed E-state index contributed by atoms with van der Waals surface area (Å²) in [5.74, 6) is -0.478. The number of anilines is 1. The van der Waals surface area contributed by atoms with Crippen LogP contribution < -0.4 is 10.9 Å². The molecule has 2 amide bonds. The molecule has 1 aliphatic rings. The molecule has 2 aromatic carbocycles. The fourth-order valence-corrected chi connectivity index (χ4v) is 6.25. The van der Waals surface area contributed by atoms with Crippen molar-refractivity contribution in [2.45, 2.75) is 11.8 Å². The highest BCUT2D eigenvalue weighted by Crippen LogP contribution is 2.26. The molecule has 0 aliphatic carbocycles. The van der Waals surface area contributed by atoms with Gasteiger partial charge in [0.1, 0.15) is 5.58 Å². The van der Waals surface area contributed by atoms with Crippen molar-refractivity contribution in [3.05, 3.63) is 76.0 Å². The van der Waals surface area contributed by atoms with E-state index in [9.17, 15) is 22.8 Å². The number of ether oxygens (including phenoxy) is 1. The Morgan fingerprint density at radius 2 is 1.79 bits per heavy atom. The maximum absolute atomic E-state index is 13.1. The van der Waals surface area contributed by atoms with Crippen LogP contribution in [0.3, 0.4) is 0 Å². The van der Waals surface area contributed by atoms with E-state index in [2.05, 4.69) is 10.3 Å². The maximum atomic E-state index is 13.1. The molecule has 4 aromatic rings. The van der Waals surface area contributed by atoms with Gasteiger partial charge in [-0.05, 0) is 43.3 Å². The molecular weight excluding hydrogens is 544 g/mol. The van der Waals surface area contributed by atoms with E-state index in [0.717, 1.165) is 16.7 Å². The number of thiazole rings is 1. The van der Waals surface area contributed by atoms with Crippen molar-refractivity contribution in [1.82, 2.24) is 14.2 Å². The van der Waals surface area contributed by atoms with E-state index in [1.165, 1.54) is 33.5 Å². The first kappa shape index (κ1) is 26.5. The third kappa shape index (κ3) is 5.55. The van der Waals surface area contributed by atoms with Crippen molar-refractivity contribution in [3.63, 3.8) is 0 Å². The summed E-state index contributed by atoms with van der Waals surface area (Å²) < 4.78 is 37.7. The average Bonchev–Trinajstić information content (AvgIpc) is 3.41. The van der Waals surface area contributed by atoms with Crippen LogP contribution in [0.5, 0.6) is 0 Å². The summed E-state index contributed by atoms with van der Waals surface area (Å²) in [6.07, 6.45) is -0.460. The summed E-state index contributed by atoms with van der Waals surface area (Å²) in [5.41, 5.74) is 0.834.